The van der Waals surface area contributed by atoms with Crippen LogP contribution in [0.5, 0.6) is 11.5 Å². The molecule has 0 N–H and O–H groups in total. The van der Waals surface area contributed by atoms with Crippen LogP contribution in [0.3, 0.4) is 0 Å². The summed E-state index contributed by atoms with van der Waals surface area (Å²) in [5, 5.41) is 20.0. The lowest BCUT2D eigenvalue weighted by molar-refractivity contribution is -0.479. The number of thioether (sulfide) groups is 1. The molecule has 8 nitrogen and oxygen atoms in total. The van der Waals surface area contributed by atoms with Crippen LogP contribution in [0.2, 0.25) is 0 Å². The summed E-state index contributed by atoms with van der Waals surface area (Å²) in [5.74, 6) is 1.78. The van der Waals surface area contributed by atoms with E-state index in [4.69, 9.17) is 9.47 Å². The van der Waals surface area contributed by atoms with E-state index in [0.29, 0.717) is 33.6 Å². The van der Waals surface area contributed by atoms with Crippen molar-refractivity contribution in [3.8, 4) is 17.2 Å². The number of nitro groups is 1. The van der Waals surface area contributed by atoms with Crippen molar-refractivity contribution in [2.45, 2.75) is 31.2 Å². The highest BCUT2D eigenvalue weighted by Gasteiger charge is 2.26. The van der Waals surface area contributed by atoms with E-state index < -0.39 is 5.25 Å². The number of ether oxygens (including phenoxy) is 2. The minimum Gasteiger partial charge on any atom is -0.492 e. The van der Waals surface area contributed by atoms with E-state index >= 15 is 0 Å². The third-order valence-electron chi connectivity index (χ3n) is 4.56. The van der Waals surface area contributed by atoms with Crippen LogP contribution in [0.4, 0.5) is 0 Å². The zero-order valence-electron chi connectivity index (χ0n) is 17.7. The van der Waals surface area contributed by atoms with Crippen molar-refractivity contribution >= 4 is 27.7 Å². The lowest BCUT2D eigenvalue weighted by atomic mass is 10.1. The topological polar surface area (TPSA) is 92.3 Å². The normalized spacial score (nSPS) is 11.9. The van der Waals surface area contributed by atoms with Crippen LogP contribution in [0.25, 0.3) is 5.69 Å². The molecule has 0 aliphatic carbocycles. The maximum Gasteiger partial charge on any atom is 0.220 e. The van der Waals surface area contributed by atoms with Crippen LogP contribution in [0.15, 0.2) is 46.0 Å². The molecule has 3 rings (SSSR count). The molecule has 0 fully saturated rings. The van der Waals surface area contributed by atoms with Gasteiger partial charge in [0.25, 0.3) is 0 Å². The zero-order valence-corrected chi connectivity index (χ0v) is 20.1. The molecule has 0 aliphatic rings. The fourth-order valence-corrected chi connectivity index (χ4v) is 4.89. The Kier molecular flexibility index (Phi) is 7.55. The SMILES string of the molecule is CCOc1cc([C@@H](C[N+](=O)[O-])Sc2nnc(C)n2-c2ccc(C)cc2)cc(Br)c1OC. The lowest BCUT2D eigenvalue weighted by Gasteiger charge is -2.18. The molecular weight excluding hydrogens is 484 g/mol. The summed E-state index contributed by atoms with van der Waals surface area (Å²) in [4.78, 5) is 11.1. The van der Waals surface area contributed by atoms with Crippen LogP contribution < -0.4 is 9.47 Å². The third-order valence-corrected chi connectivity index (χ3v) is 6.33. The molecule has 164 valence electrons. The van der Waals surface area contributed by atoms with Gasteiger partial charge < -0.3 is 9.47 Å². The van der Waals surface area contributed by atoms with Gasteiger partial charge in [-0.3, -0.25) is 14.7 Å². The van der Waals surface area contributed by atoms with Gasteiger partial charge in [-0.1, -0.05) is 29.5 Å². The Labute approximate surface area is 193 Å². The number of aryl methyl sites for hydroxylation is 2. The Balaban J connectivity index is 2.03. The molecule has 0 aliphatic heterocycles. The summed E-state index contributed by atoms with van der Waals surface area (Å²) in [6.45, 7) is 5.91. The zero-order chi connectivity index (χ0) is 22.5. The monoisotopic (exact) mass is 506 g/mol. The van der Waals surface area contributed by atoms with E-state index in [1.54, 1.807) is 13.2 Å². The summed E-state index contributed by atoms with van der Waals surface area (Å²) in [5.41, 5.74) is 2.77. The van der Waals surface area contributed by atoms with E-state index in [9.17, 15) is 10.1 Å². The van der Waals surface area contributed by atoms with Crippen LogP contribution in [-0.2, 0) is 0 Å². The minimum absolute atomic E-state index is 0.283. The summed E-state index contributed by atoms with van der Waals surface area (Å²) >= 11 is 4.79. The van der Waals surface area contributed by atoms with E-state index in [-0.39, 0.29) is 11.5 Å². The second kappa shape index (κ2) is 10.1. The average Bonchev–Trinajstić information content (AvgIpc) is 3.08. The number of methoxy groups -OCH3 is 1. The number of hydrogen-bond donors (Lipinski definition) is 0. The van der Waals surface area contributed by atoms with Gasteiger partial charge in [0.05, 0.1) is 18.2 Å². The van der Waals surface area contributed by atoms with Gasteiger partial charge in [-0.2, -0.15) is 0 Å². The molecule has 0 spiro atoms. The molecule has 1 heterocycles. The lowest BCUT2D eigenvalue weighted by Crippen LogP contribution is -2.12. The number of hydrogen-bond acceptors (Lipinski definition) is 7. The highest BCUT2D eigenvalue weighted by atomic mass is 79.9. The van der Waals surface area contributed by atoms with Crippen molar-refractivity contribution in [1.29, 1.82) is 0 Å². The van der Waals surface area contributed by atoms with E-state index in [0.717, 1.165) is 16.8 Å². The van der Waals surface area contributed by atoms with Gasteiger partial charge in [0.1, 0.15) is 11.1 Å². The Morgan fingerprint density at radius 2 is 1.94 bits per heavy atom. The molecule has 10 heteroatoms. The van der Waals surface area contributed by atoms with Gasteiger partial charge in [0, 0.05) is 10.6 Å². The van der Waals surface area contributed by atoms with Crippen LogP contribution >= 0.6 is 27.7 Å². The first-order valence-corrected chi connectivity index (χ1v) is 11.3. The minimum atomic E-state index is -0.510. The van der Waals surface area contributed by atoms with Gasteiger partial charge >= 0.3 is 0 Å². The smallest absolute Gasteiger partial charge is 0.220 e. The van der Waals surface area contributed by atoms with Gasteiger partial charge in [-0.15, -0.1) is 10.2 Å². The van der Waals surface area contributed by atoms with Crippen LogP contribution in [0.1, 0.15) is 29.1 Å². The quantitative estimate of drug-likeness (QED) is 0.224. The van der Waals surface area contributed by atoms with Crippen molar-refractivity contribution in [2.24, 2.45) is 0 Å². The molecule has 1 aromatic heterocycles. The molecule has 0 unspecified atom stereocenters. The Hall–Kier alpha value is -2.59. The standard InChI is InChI=1S/C21H23BrN4O4S/c1-5-30-18-11-15(10-17(22)20(18)29-4)19(12-25(27)28)31-21-24-23-14(3)26(21)16-8-6-13(2)7-9-16/h6-11,19H,5,12H2,1-4H3/t19-/m1/s1. The van der Waals surface area contributed by atoms with Crippen LogP contribution in [-0.4, -0.2) is 39.9 Å². The first-order chi connectivity index (χ1) is 14.8. The number of aromatic nitrogens is 3. The molecule has 3 aromatic rings. The second-order valence-corrected chi connectivity index (χ2v) is 8.81. The largest absolute Gasteiger partial charge is 0.492 e. The van der Waals surface area contributed by atoms with Crippen LogP contribution in [0, 0.1) is 24.0 Å². The Bertz CT molecular complexity index is 1070. The van der Waals surface area contributed by atoms with E-state index in [1.165, 1.54) is 11.8 Å². The van der Waals surface area contributed by atoms with Crippen molar-refractivity contribution in [1.82, 2.24) is 14.8 Å². The fraction of sp³-hybridized carbons (Fsp3) is 0.333. The van der Waals surface area contributed by atoms with Gasteiger partial charge in [0.15, 0.2) is 16.7 Å². The Morgan fingerprint density at radius 1 is 1.23 bits per heavy atom. The second-order valence-electron chi connectivity index (χ2n) is 6.79. The molecule has 1 atom stereocenters. The number of halogens is 1. The highest BCUT2D eigenvalue weighted by molar-refractivity contribution is 9.10. The molecule has 0 saturated heterocycles. The fourth-order valence-electron chi connectivity index (χ4n) is 3.12. The Morgan fingerprint density at radius 3 is 2.55 bits per heavy atom. The molecule has 0 bridgehead atoms. The molecule has 2 aromatic carbocycles. The molecule has 0 saturated carbocycles. The molecule has 0 radical (unpaired) electrons. The summed E-state index contributed by atoms with van der Waals surface area (Å²) < 4.78 is 13.7. The average molecular weight is 507 g/mol. The van der Waals surface area contributed by atoms with Crippen molar-refractivity contribution < 1.29 is 14.4 Å². The van der Waals surface area contributed by atoms with Crippen molar-refractivity contribution in [3.63, 3.8) is 0 Å². The van der Waals surface area contributed by atoms with Crippen molar-refractivity contribution in [2.75, 3.05) is 20.3 Å². The first kappa shape index (κ1) is 23.1. The van der Waals surface area contributed by atoms with Gasteiger partial charge in [-0.05, 0) is 66.5 Å². The van der Waals surface area contributed by atoms with Gasteiger partial charge in [0.2, 0.25) is 6.54 Å². The predicted molar refractivity (Wildman–Crippen MR) is 123 cm³/mol. The summed E-state index contributed by atoms with van der Waals surface area (Å²) in [6, 6.07) is 11.6. The van der Waals surface area contributed by atoms with Gasteiger partial charge in [-0.25, -0.2) is 0 Å². The number of rotatable bonds is 9. The number of benzene rings is 2. The highest BCUT2D eigenvalue weighted by Crippen LogP contribution is 2.43. The maximum atomic E-state index is 11.5. The summed E-state index contributed by atoms with van der Waals surface area (Å²) in [7, 11) is 1.55. The molecule has 31 heavy (non-hydrogen) atoms. The molecular formula is C21H23BrN4O4S. The third kappa shape index (κ3) is 5.37. The predicted octanol–water partition coefficient (Wildman–Crippen LogP) is 5.16. The first-order valence-electron chi connectivity index (χ1n) is 9.61. The van der Waals surface area contributed by atoms with E-state index in [1.807, 2.05) is 55.7 Å². The summed E-state index contributed by atoms with van der Waals surface area (Å²) in [6.07, 6.45) is 0. The number of nitrogens with zero attached hydrogens (tertiary/aromatic N) is 4. The molecule has 0 amide bonds. The van der Waals surface area contributed by atoms with E-state index in [2.05, 4.69) is 26.1 Å². The van der Waals surface area contributed by atoms with Crippen molar-refractivity contribution in [3.05, 3.63) is 67.9 Å². The maximum absolute atomic E-state index is 11.5.